The molecular formula is C11H22N4O2. The van der Waals surface area contributed by atoms with E-state index >= 15 is 0 Å². The number of amides is 2. The topological polar surface area (TPSA) is 87.5 Å². The van der Waals surface area contributed by atoms with E-state index in [9.17, 15) is 9.59 Å². The number of likely N-dealkylation sites (tertiary alicyclic amines) is 1. The Morgan fingerprint density at radius 3 is 2.71 bits per heavy atom. The molecule has 1 rings (SSSR count). The third kappa shape index (κ3) is 4.70. The Morgan fingerprint density at radius 2 is 2.12 bits per heavy atom. The zero-order chi connectivity index (χ0) is 12.8. The van der Waals surface area contributed by atoms with Crippen LogP contribution in [0.2, 0.25) is 0 Å². The average Bonchev–Trinajstić information content (AvgIpc) is 2.28. The van der Waals surface area contributed by atoms with Crippen LogP contribution in [0.4, 0.5) is 0 Å². The van der Waals surface area contributed by atoms with Crippen molar-refractivity contribution in [3.8, 4) is 0 Å². The molecule has 0 radical (unpaired) electrons. The van der Waals surface area contributed by atoms with Crippen molar-refractivity contribution >= 4 is 11.8 Å². The van der Waals surface area contributed by atoms with Gasteiger partial charge in [0.2, 0.25) is 5.91 Å². The minimum atomic E-state index is -0.277. The lowest BCUT2D eigenvalue weighted by molar-refractivity contribution is -0.129. The predicted molar refractivity (Wildman–Crippen MR) is 64.8 cm³/mol. The number of nitrogens with zero attached hydrogens (tertiary/aromatic N) is 1. The summed E-state index contributed by atoms with van der Waals surface area (Å²) >= 11 is 0. The fourth-order valence-electron chi connectivity index (χ4n) is 2.14. The summed E-state index contributed by atoms with van der Waals surface area (Å²) in [6, 6.07) is 0.266. The van der Waals surface area contributed by atoms with Gasteiger partial charge in [0.05, 0.1) is 6.54 Å². The molecule has 0 aromatic rings. The van der Waals surface area contributed by atoms with Gasteiger partial charge in [-0.2, -0.15) is 0 Å². The summed E-state index contributed by atoms with van der Waals surface area (Å²) in [5, 5.41) is 0. The lowest BCUT2D eigenvalue weighted by atomic mass is 9.92. The molecule has 0 aromatic heterocycles. The van der Waals surface area contributed by atoms with E-state index in [4.69, 9.17) is 5.73 Å². The maximum Gasteiger partial charge on any atom is 0.252 e. The first-order valence-corrected chi connectivity index (χ1v) is 6.02. The van der Waals surface area contributed by atoms with E-state index in [1.54, 1.807) is 0 Å². The van der Waals surface area contributed by atoms with Gasteiger partial charge >= 0.3 is 0 Å². The molecule has 1 fully saturated rings. The molecule has 1 aliphatic rings. The summed E-state index contributed by atoms with van der Waals surface area (Å²) in [7, 11) is 0. The van der Waals surface area contributed by atoms with Crippen LogP contribution in [-0.4, -0.2) is 42.4 Å². The highest BCUT2D eigenvalue weighted by atomic mass is 16.2. The summed E-state index contributed by atoms with van der Waals surface area (Å²) in [5.74, 6) is 0.187. The number of carbonyl (C=O) groups is 2. The van der Waals surface area contributed by atoms with Gasteiger partial charge in [0.25, 0.3) is 5.91 Å². The molecule has 1 saturated heterocycles. The molecule has 2 unspecified atom stereocenters. The second kappa shape index (κ2) is 6.56. The first kappa shape index (κ1) is 13.9. The molecule has 0 aromatic carbocycles. The zero-order valence-electron chi connectivity index (χ0n) is 10.5. The van der Waals surface area contributed by atoms with Gasteiger partial charge in [-0.15, -0.1) is 0 Å². The van der Waals surface area contributed by atoms with Crippen molar-refractivity contribution in [1.82, 2.24) is 15.8 Å². The number of piperidine rings is 1. The van der Waals surface area contributed by atoms with E-state index < -0.39 is 0 Å². The van der Waals surface area contributed by atoms with Gasteiger partial charge in [0.15, 0.2) is 0 Å². The van der Waals surface area contributed by atoms with Crippen molar-refractivity contribution in [2.24, 2.45) is 11.7 Å². The van der Waals surface area contributed by atoms with Crippen LogP contribution >= 0.6 is 0 Å². The maximum atomic E-state index is 11.6. The van der Waals surface area contributed by atoms with Crippen molar-refractivity contribution < 1.29 is 9.59 Å². The second-order valence-corrected chi connectivity index (χ2v) is 4.72. The molecule has 0 spiro atoms. The molecule has 2 amide bonds. The molecular weight excluding hydrogens is 220 g/mol. The number of hydrogen-bond acceptors (Lipinski definition) is 4. The van der Waals surface area contributed by atoms with Gasteiger partial charge < -0.3 is 5.73 Å². The lowest BCUT2D eigenvalue weighted by Gasteiger charge is -2.37. The van der Waals surface area contributed by atoms with Gasteiger partial charge in [-0.1, -0.05) is 6.92 Å². The Bertz CT molecular complexity index is 283. The van der Waals surface area contributed by atoms with Crippen LogP contribution in [-0.2, 0) is 9.59 Å². The number of nitrogens with two attached hydrogens (primary N) is 1. The first-order chi connectivity index (χ1) is 8.02. The van der Waals surface area contributed by atoms with Crippen LogP contribution in [0.15, 0.2) is 0 Å². The molecule has 0 bridgehead atoms. The Kier molecular flexibility index (Phi) is 5.37. The van der Waals surface area contributed by atoms with Gasteiger partial charge in [-0.05, 0) is 25.3 Å². The molecule has 6 heteroatoms. The molecule has 1 heterocycles. The van der Waals surface area contributed by atoms with Gasteiger partial charge in [0, 0.05) is 19.5 Å². The second-order valence-electron chi connectivity index (χ2n) is 4.72. The quantitative estimate of drug-likeness (QED) is 0.566. The summed E-state index contributed by atoms with van der Waals surface area (Å²) in [4.78, 5) is 24.3. The number of nitrogens with one attached hydrogen (secondary N) is 2. The van der Waals surface area contributed by atoms with Crippen molar-refractivity contribution in [1.29, 1.82) is 0 Å². The van der Waals surface area contributed by atoms with Crippen LogP contribution in [0.1, 0.15) is 26.7 Å². The summed E-state index contributed by atoms with van der Waals surface area (Å²) in [6.45, 7) is 5.30. The van der Waals surface area contributed by atoms with Crippen molar-refractivity contribution in [2.45, 2.75) is 32.7 Å². The summed E-state index contributed by atoms with van der Waals surface area (Å²) < 4.78 is 0. The smallest absolute Gasteiger partial charge is 0.252 e. The molecule has 4 N–H and O–H groups in total. The van der Waals surface area contributed by atoms with Crippen molar-refractivity contribution in [3.63, 3.8) is 0 Å². The largest absolute Gasteiger partial charge is 0.329 e. The Balaban J connectivity index is 2.38. The minimum absolute atomic E-state index is 0.201. The fraction of sp³-hybridized carbons (Fsp3) is 0.818. The van der Waals surface area contributed by atoms with Crippen LogP contribution in [0.5, 0.6) is 0 Å². The third-order valence-corrected chi connectivity index (χ3v) is 3.10. The minimum Gasteiger partial charge on any atom is -0.329 e. The van der Waals surface area contributed by atoms with E-state index in [0.717, 1.165) is 19.4 Å². The third-order valence-electron chi connectivity index (χ3n) is 3.10. The molecule has 0 saturated carbocycles. The predicted octanol–water partition coefficient (Wildman–Crippen LogP) is -0.787. The van der Waals surface area contributed by atoms with E-state index in [1.165, 1.54) is 6.92 Å². The van der Waals surface area contributed by atoms with Crippen molar-refractivity contribution in [3.05, 3.63) is 0 Å². The number of carbonyl (C=O) groups excluding carboxylic acids is 2. The normalized spacial score (nSPS) is 25.4. The van der Waals surface area contributed by atoms with E-state index in [1.807, 2.05) is 0 Å². The van der Waals surface area contributed by atoms with E-state index in [0.29, 0.717) is 12.5 Å². The molecule has 0 aliphatic carbocycles. The SMILES string of the molecule is CC(=O)NNC(=O)CN1CCC(C)CC1CN. The zero-order valence-corrected chi connectivity index (χ0v) is 10.5. The number of rotatable bonds is 3. The average molecular weight is 242 g/mol. The van der Waals surface area contributed by atoms with E-state index in [-0.39, 0.29) is 24.4 Å². The number of hydrazine groups is 1. The molecule has 1 aliphatic heterocycles. The molecule has 2 atom stereocenters. The standard InChI is InChI=1S/C11H22N4O2/c1-8-3-4-15(10(5-8)6-12)7-11(17)14-13-9(2)16/h8,10H,3-7,12H2,1-2H3,(H,13,16)(H,14,17). The first-order valence-electron chi connectivity index (χ1n) is 6.02. The van der Waals surface area contributed by atoms with Crippen LogP contribution in [0.3, 0.4) is 0 Å². The van der Waals surface area contributed by atoms with Crippen LogP contribution in [0.25, 0.3) is 0 Å². The van der Waals surface area contributed by atoms with E-state index in [2.05, 4.69) is 22.7 Å². The Labute approximate surface area is 102 Å². The van der Waals surface area contributed by atoms with Gasteiger partial charge in [-0.25, -0.2) is 0 Å². The molecule has 98 valence electrons. The monoisotopic (exact) mass is 242 g/mol. The highest BCUT2D eigenvalue weighted by Gasteiger charge is 2.26. The van der Waals surface area contributed by atoms with Gasteiger partial charge in [-0.3, -0.25) is 25.3 Å². The molecule has 17 heavy (non-hydrogen) atoms. The number of hydrogen-bond donors (Lipinski definition) is 3. The van der Waals surface area contributed by atoms with Gasteiger partial charge in [0.1, 0.15) is 0 Å². The molecule has 6 nitrogen and oxygen atoms in total. The fourth-order valence-corrected chi connectivity index (χ4v) is 2.14. The highest BCUT2D eigenvalue weighted by molar-refractivity contribution is 5.81. The van der Waals surface area contributed by atoms with Crippen molar-refractivity contribution in [2.75, 3.05) is 19.6 Å². The highest BCUT2D eigenvalue weighted by Crippen LogP contribution is 2.21. The van der Waals surface area contributed by atoms with Crippen LogP contribution in [0, 0.1) is 5.92 Å². The summed E-state index contributed by atoms with van der Waals surface area (Å²) in [5.41, 5.74) is 10.4. The Morgan fingerprint density at radius 1 is 1.41 bits per heavy atom. The summed E-state index contributed by atoms with van der Waals surface area (Å²) in [6.07, 6.45) is 2.12. The maximum absolute atomic E-state index is 11.6. The lowest BCUT2D eigenvalue weighted by Crippen LogP contribution is -2.52. The Hall–Kier alpha value is -1.14. The van der Waals surface area contributed by atoms with Crippen LogP contribution < -0.4 is 16.6 Å².